The molecule has 2 heteroatoms. The molecule has 0 saturated carbocycles. The summed E-state index contributed by atoms with van der Waals surface area (Å²) in [6, 6.07) is 39.3. The van der Waals surface area contributed by atoms with Crippen LogP contribution in [0, 0.1) is 5.92 Å². The molecule has 5 aromatic rings. The normalized spacial score (nSPS) is 26.1. The Morgan fingerprint density at radius 1 is 0.589 bits per heavy atom. The number of allylic oxidation sites excluding steroid dienone is 13. The Balaban J connectivity index is 1.02. The van der Waals surface area contributed by atoms with Crippen molar-refractivity contribution in [3.63, 3.8) is 0 Å². The van der Waals surface area contributed by atoms with Gasteiger partial charge in [-0.3, -0.25) is 0 Å². The molecule has 0 N–H and O–H groups in total. The van der Waals surface area contributed by atoms with Crippen LogP contribution >= 0.6 is 0 Å². The van der Waals surface area contributed by atoms with Gasteiger partial charge < -0.3 is 9.47 Å². The SMILES string of the molecule is C1=CCC(C2=CC(c3ccccc3)CC(N3c4c(C5=Cc6c(n(C7CC=CC(c8ccccc8)C7)c7ccccc67)CC5)cccc4C4C=CC=CC43)=C2)C=C1. The molecule has 0 amide bonds. The summed E-state index contributed by atoms with van der Waals surface area (Å²) in [5.74, 6) is 1.51. The van der Waals surface area contributed by atoms with E-state index in [2.05, 4.69) is 192 Å². The molecule has 0 bridgehead atoms. The number of para-hydroxylation sites is 2. The zero-order chi connectivity index (χ0) is 37.0. The summed E-state index contributed by atoms with van der Waals surface area (Å²) in [6.45, 7) is 0. The van der Waals surface area contributed by atoms with E-state index in [1.165, 1.54) is 66.9 Å². The van der Waals surface area contributed by atoms with E-state index in [9.17, 15) is 0 Å². The highest BCUT2D eigenvalue weighted by molar-refractivity contribution is 6.00. The number of fused-ring (bicyclic) bond motifs is 6. The summed E-state index contributed by atoms with van der Waals surface area (Å²) in [4.78, 5) is 2.76. The number of nitrogens with zero attached hydrogens (tertiary/aromatic N) is 2. The average molecular weight is 725 g/mol. The highest BCUT2D eigenvalue weighted by Crippen LogP contribution is 2.53. The molecule has 1 aliphatic heterocycles. The number of anilines is 1. The Kier molecular flexibility index (Phi) is 8.38. The fraction of sp³-hybridized carbons (Fsp3) is 0.222. The van der Waals surface area contributed by atoms with Crippen molar-refractivity contribution in [1.82, 2.24) is 4.57 Å². The van der Waals surface area contributed by atoms with Crippen molar-refractivity contribution in [2.75, 3.05) is 4.90 Å². The second kappa shape index (κ2) is 14.0. The van der Waals surface area contributed by atoms with Crippen LogP contribution in [0.1, 0.15) is 89.4 Å². The second-order valence-electron chi connectivity index (χ2n) is 16.6. The Morgan fingerprint density at radius 2 is 1.38 bits per heavy atom. The number of hydrogen-bond acceptors (Lipinski definition) is 1. The second-order valence-corrected chi connectivity index (χ2v) is 16.6. The van der Waals surface area contributed by atoms with E-state index in [4.69, 9.17) is 0 Å². The Bertz CT molecular complexity index is 2570. The third kappa shape index (κ3) is 5.69. The van der Waals surface area contributed by atoms with E-state index in [0.29, 0.717) is 29.7 Å². The summed E-state index contributed by atoms with van der Waals surface area (Å²) in [6.07, 6.45) is 37.5. The summed E-state index contributed by atoms with van der Waals surface area (Å²) < 4.78 is 2.74. The van der Waals surface area contributed by atoms with Crippen LogP contribution < -0.4 is 4.90 Å². The van der Waals surface area contributed by atoms with Gasteiger partial charge in [-0.2, -0.15) is 0 Å². The van der Waals surface area contributed by atoms with Crippen molar-refractivity contribution >= 4 is 28.2 Å². The van der Waals surface area contributed by atoms with Crippen molar-refractivity contribution in [2.45, 2.75) is 68.4 Å². The minimum absolute atomic E-state index is 0.263. The van der Waals surface area contributed by atoms with E-state index in [-0.39, 0.29) is 6.04 Å². The molecule has 6 unspecified atom stereocenters. The molecule has 2 heterocycles. The fourth-order valence-corrected chi connectivity index (χ4v) is 10.8. The van der Waals surface area contributed by atoms with Gasteiger partial charge >= 0.3 is 0 Å². The highest BCUT2D eigenvalue weighted by Gasteiger charge is 2.41. The van der Waals surface area contributed by atoms with Gasteiger partial charge in [0.1, 0.15) is 0 Å². The first-order valence-electron chi connectivity index (χ1n) is 20.9. The average Bonchev–Trinajstić information content (AvgIpc) is 3.80. The molecule has 4 aromatic carbocycles. The Hall–Kier alpha value is -5.86. The van der Waals surface area contributed by atoms with E-state index in [1.54, 1.807) is 0 Å². The van der Waals surface area contributed by atoms with Gasteiger partial charge in [-0.1, -0.05) is 164 Å². The van der Waals surface area contributed by atoms with E-state index in [1.807, 2.05) is 0 Å². The molecule has 56 heavy (non-hydrogen) atoms. The van der Waals surface area contributed by atoms with Gasteiger partial charge in [0.15, 0.2) is 0 Å². The van der Waals surface area contributed by atoms with Crippen LogP contribution in [0.5, 0.6) is 0 Å². The summed E-state index contributed by atoms with van der Waals surface area (Å²) in [5, 5.41) is 1.39. The van der Waals surface area contributed by atoms with Crippen molar-refractivity contribution < 1.29 is 0 Å². The molecule has 0 fully saturated rings. The Morgan fingerprint density at radius 3 is 2.21 bits per heavy atom. The lowest BCUT2D eigenvalue weighted by Crippen LogP contribution is -2.34. The topological polar surface area (TPSA) is 8.17 Å². The first kappa shape index (κ1) is 33.5. The molecule has 6 atom stereocenters. The maximum Gasteiger partial charge on any atom is 0.0626 e. The highest BCUT2D eigenvalue weighted by atomic mass is 15.2. The van der Waals surface area contributed by atoms with Crippen LogP contribution in [0.25, 0.3) is 22.6 Å². The van der Waals surface area contributed by atoms with Gasteiger partial charge in [0.25, 0.3) is 0 Å². The molecule has 274 valence electrons. The maximum absolute atomic E-state index is 2.76. The van der Waals surface area contributed by atoms with Crippen molar-refractivity contribution in [1.29, 1.82) is 0 Å². The fourth-order valence-electron chi connectivity index (χ4n) is 10.8. The molecule has 5 aliphatic carbocycles. The summed E-state index contributed by atoms with van der Waals surface area (Å²) in [7, 11) is 0. The minimum Gasteiger partial charge on any atom is -0.341 e. The van der Waals surface area contributed by atoms with E-state index >= 15 is 0 Å². The molecule has 1 aromatic heterocycles. The zero-order valence-corrected chi connectivity index (χ0v) is 31.9. The quantitative estimate of drug-likeness (QED) is 0.158. The first-order valence-corrected chi connectivity index (χ1v) is 20.9. The van der Waals surface area contributed by atoms with Crippen LogP contribution in [-0.2, 0) is 6.42 Å². The lowest BCUT2D eigenvalue weighted by Gasteiger charge is -2.36. The number of aromatic nitrogens is 1. The predicted molar refractivity (Wildman–Crippen MR) is 235 cm³/mol. The Labute approximate surface area is 331 Å². The molecule has 11 rings (SSSR count). The predicted octanol–water partition coefficient (Wildman–Crippen LogP) is 13.3. The van der Waals surface area contributed by atoms with E-state index in [0.717, 1.165) is 38.5 Å². The lowest BCUT2D eigenvalue weighted by atomic mass is 9.81. The zero-order valence-electron chi connectivity index (χ0n) is 31.9. The smallest absolute Gasteiger partial charge is 0.0626 e. The van der Waals surface area contributed by atoms with E-state index < -0.39 is 0 Å². The maximum atomic E-state index is 2.76. The van der Waals surface area contributed by atoms with Gasteiger partial charge in [-0.05, 0) is 84.6 Å². The standard InChI is InChI=1S/C54H48N2/c1-4-16-37(17-5-1)40-22-14-23-44(33-40)55-51-28-12-11-25-48(51)50-36-41(30-31-53(50)55)46-26-15-27-49-47-24-10-13-29-52(47)56(54(46)49)45-34-42(38-18-6-2-7-19-38)32-43(35-45)39-20-8-3-9-21-39/h1-20,22,24-29,32,35-36,39-40,42,44,47,52H,21,23,30-31,33-34H2. The third-order valence-corrected chi connectivity index (χ3v) is 13.4. The first-order chi connectivity index (χ1) is 27.8. The van der Waals surface area contributed by atoms with Crippen molar-refractivity contribution in [3.05, 3.63) is 221 Å². The van der Waals surface area contributed by atoms with Gasteiger partial charge in [-0.15, -0.1) is 0 Å². The van der Waals surface area contributed by atoms with Crippen LogP contribution in [0.2, 0.25) is 0 Å². The summed E-state index contributed by atoms with van der Waals surface area (Å²) in [5.41, 5.74) is 15.8. The van der Waals surface area contributed by atoms with Crippen molar-refractivity contribution in [2.24, 2.45) is 5.92 Å². The van der Waals surface area contributed by atoms with Crippen LogP contribution in [0.15, 0.2) is 187 Å². The van der Waals surface area contributed by atoms with Gasteiger partial charge in [0.2, 0.25) is 0 Å². The third-order valence-electron chi connectivity index (χ3n) is 13.4. The molecule has 0 radical (unpaired) electrons. The van der Waals surface area contributed by atoms with Crippen molar-refractivity contribution in [3.8, 4) is 0 Å². The largest absolute Gasteiger partial charge is 0.341 e. The number of benzene rings is 4. The molecular formula is C54H48N2. The molecule has 2 nitrogen and oxygen atoms in total. The minimum atomic E-state index is 0.263. The van der Waals surface area contributed by atoms with Gasteiger partial charge in [0.05, 0.1) is 11.7 Å². The van der Waals surface area contributed by atoms with Crippen LogP contribution in [0.4, 0.5) is 5.69 Å². The molecule has 0 spiro atoms. The molecule has 0 saturated heterocycles. The van der Waals surface area contributed by atoms with Gasteiger partial charge in [0, 0.05) is 63.1 Å². The number of rotatable bonds is 6. The van der Waals surface area contributed by atoms with Crippen LogP contribution in [-0.4, -0.2) is 10.6 Å². The lowest BCUT2D eigenvalue weighted by molar-refractivity contribution is 0.435. The number of hydrogen-bond donors (Lipinski definition) is 0. The summed E-state index contributed by atoms with van der Waals surface area (Å²) >= 11 is 0. The van der Waals surface area contributed by atoms with Crippen LogP contribution in [0.3, 0.4) is 0 Å². The monoisotopic (exact) mass is 724 g/mol. The molecule has 6 aliphatic rings. The molecular weight excluding hydrogens is 677 g/mol. The van der Waals surface area contributed by atoms with Gasteiger partial charge in [-0.25, -0.2) is 0 Å².